The normalized spacial score (nSPS) is 12.5. The van der Waals surface area contributed by atoms with Crippen molar-refractivity contribution in [3.63, 3.8) is 0 Å². The Bertz CT molecular complexity index is 256. The zero-order valence-electron chi connectivity index (χ0n) is 5.52. The summed E-state index contributed by atoms with van der Waals surface area (Å²) in [7, 11) is -2.93. The molecule has 0 aliphatic carbocycles. The first-order valence-electron chi connectivity index (χ1n) is 2.88. The van der Waals surface area contributed by atoms with Gasteiger partial charge in [0.25, 0.3) is 0 Å². The summed E-state index contributed by atoms with van der Waals surface area (Å²) in [6.07, 6.45) is 0. The van der Waals surface area contributed by atoms with Crippen molar-refractivity contribution in [1.29, 1.82) is 0 Å². The Kier molecular flexibility index (Phi) is 2.52. The highest BCUT2D eigenvalue weighted by Gasteiger charge is 1.95. The zero-order valence-corrected chi connectivity index (χ0v) is 6.52. The van der Waals surface area contributed by atoms with E-state index in [-0.39, 0.29) is 11.5 Å². The van der Waals surface area contributed by atoms with Crippen LogP contribution in [0.15, 0.2) is 24.3 Å². The van der Waals surface area contributed by atoms with Gasteiger partial charge in [-0.2, -0.15) is 0 Å². The van der Waals surface area contributed by atoms with Gasteiger partial charge in [-0.1, -0.05) is 0 Å². The van der Waals surface area contributed by atoms with Crippen LogP contribution in [0.4, 0.5) is 0 Å². The standard InChI is InChI=1S/C6H7O4P/c7-5-1-3-6(4-2-5)10-11(8)9/h1-4,7,11H,(H,8,9). The molecule has 11 heavy (non-hydrogen) atoms. The van der Waals surface area contributed by atoms with Gasteiger partial charge < -0.3 is 14.5 Å². The van der Waals surface area contributed by atoms with E-state index in [0.29, 0.717) is 0 Å². The SMILES string of the molecule is O=[PH](O)Oc1ccc(O)cc1. The number of benzene rings is 1. The lowest BCUT2D eigenvalue weighted by Crippen LogP contribution is -1.77. The topological polar surface area (TPSA) is 66.8 Å². The van der Waals surface area contributed by atoms with E-state index < -0.39 is 8.25 Å². The van der Waals surface area contributed by atoms with Gasteiger partial charge in [-0.25, -0.2) is 4.57 Å². The van der Waals surface area contributed by atoms with Crippen LogP contribution in [0.25, 0.3) is 0 Å². The number of hydrogen-bond acceptors (Lipinski definition) is 3. The van der Waals surface area contributed by atoms with Gasteiger partial charge in [0, 0.05) is 0 Å². The first-order chi connectivity index (χ1) is 5.18. The largest absolute Gasteiger partial charge is 0.508 e. The first kappa shape index (κ1) is 8.11. The Morgan fingerprint density at radius 1 is 1.27 bits per heavy atom. The van der Waals surface area contributed by atoms with Gasteiger partial charge >= 0.3 is 8.25 Å². The molecule has 2 N–H and O–H groups in total. The molecule has 5 heteroatoms. The predicted molar refractivity (Wildman–Crippen MR) is 40.0 cm³/mol. The summed E-state index contributed by atoms with van der Waals surface area (Å²) in [5.41, 5.74) is 0. The van der Waals surface area contributed by atoms with E-state index in [2.05, 4.69) is 4.52 Å². The van der Waals surface area contributed by atoms with Gasteiger partial charge in [0.1, 0.15) is 11.5 Å². The van der Waals surface area contributed by atoms with Crippen molar-refractivity contribution >= 4 is 8.25 Å². The monoisotopic (exact) mass is 174 g/mol. The van der Waals surface area contributed by atoms with Gasteiger partial charge in [-0.3, -0.25) is 0 Å². The van der Waals surface area contributed by atoms with E-state index in [4.69, 9.17) is 10.00 Å². The molecule has 4 nitrogen and oxygen atoms in total. The molecule has 0 heterocycles. The third kappa shape index (κ3) is 2.62. The fraction of sp³-hybridized carbons (Fsp3) is 0. The summed E-state index contributed by atoms with van der Waals surface area (Å²) >= 11 is 0. The molecule has 60 valence electrons. The quantitative estimate of drug-likeness (QED) is 0.660. The highest BCUT2D eigenvalue weighted by atomic mass is 31.1. The smallest absolute Gasteiger partial charge is 0.365 e. The van der Waals surface area contributed by atoms with Crippen molar-refractivity contribution in [1.82, 2.24) is 0 Å². The Hall–Kier alpha value is -0.990. The van der Waals surface area contributed by atoms with Crippen molar-refractivity contribution in [3.8, 4) is 11.5 Å². The van der Waals surface area contributed by atoms with Crippen molar-refractivity contribution in [3.05, 3.63) is 24.3 Å². The molecule has 0 amide bonds. The molecule has 0 aliphatic rings. The average Bonchev–Trinajstić information content (AvgIpc) is 1.93. The molecular weight excluding hydrogens is 167 g/mol. The highest BCUT2D eigenvalue weighted by molar-refractivity contribution is 7.32. The fourth-order valence-corrected chi connectivity index (χ4v) is 0.953. The van der Waals surface area contributed by atoms with Gasteiger partial charge in [0.15, 0.2) is 0 Å². The molecule has 0 saturated carbocycles. The predicted octanol–water partition coefficient (Wildman–Crippen LogP) is 1.15. The molecule has 0 radical (unpaired) electrons. The first-order valence-corrected chi connectivity index (χ1v) is 4.14. The number of hydrogen-bond donors (Lipinski definition) is 2. The third-order valence-corrected chi connectivity index (χ3v) is 1.45. The summed E-state index contributed by atoms with van der Waals surface area (Å²) in [5.74, 6) is 0.365. The Balaban J connectivity index is 2.74. The van der Waals surface area contributed by atoms with Gasteiger partial charge in [-0.05, 0) is 24.3 Å². The van der Waals surface area contributed by atoms with Crippen LogP contribution in [0.1, 0.15) is 0 Å². The molecule has 0 aliphatic heterocycles. The van der Waals surface area contributed by atoms with E-state index in [9.17, 15) is 4.57 Å². The molecule has 0 fully saturated rings. The van der Waals surface area contributed by atoms with Crippen molar-refractivity contribution < 1.29 is 19.1 Å². The van der Waals surface area contributed by atoms with E-state index >= 15 is 0 Å². The van der Waals surface area contributed by atoms with E-state index in [1.54, 1.807) is 0 Å². The van der Waals surface area contributed by atoms with Crippen molar-refractivity contribution in [2.24, 2.45) is 0 Å². The minimum Gasteiger partial charge on any atom is -0.508 e. The van der Waals surface area contributed by atoms with Crippen molar-refractivity contribution in [2.45, 2.75) is 0 Å². The summed E-state index contributed by atoms with van der Waals surface area (Å²) < 4.78 is 14.6. The molecule has 0 aromatic heterocycles. The maximum Gasteiger partial charge on any atom is 0.365 e. The molecule has 1 unspecified atom stereocenters. The van der Waals surface area contributed by atoms with Crippen LogP contribution < -0.4 is 4.52 Å². The molecular formula is C6H7O4P. The fourth-order valence-electron chi connectivity index (χ4n) is 0.615. The molecule has 1 rings (SSSR count). The van der Waals surface area contributed by atoms with Crippen LogP contribution in [0, 0.1) is 0 Å². The maximum absolute atomic E-state index is 10.2. The second kappa shape index (κ2) is 3.42. The van der Waals surface area contributed by atoms with Gasteiger partial charge in [0.05, 0.1) is 0 Å². The van der Waals surface area contributed by atoms with Gasteiger partial charge in [0.2, 0.25) is 0 Å². The van der Waals surface area contributed by atoms with Crippen molar-refractivity contribution in [2.75, 3.05) is 0 Å². The molecule has 1 aromatic rings. The minimum absolute atomic E-state index is 0.0926. The number of phenols is 1. The van der Waals surface area contributed by atoms with E-state index in [1.807, 2.05) is 0 Å². The molecule has 0 bridgehead atoms. The summed E-state index contributed by atoms with van der Waals surface area (Å²) in [6, 6.07) is 5.57. The summed E-state index contributed by atoms with van der Waals surface area (Å²) in [4.78, 5) is 8.34. The lowest BCUT2D eigenvalue weighted by atomic mass is 10.3. The van der Waals surface area contributed by atoms with Crippen LogP contribution in [-0.4, -0.2) is 10.00 Å². The zero-order chi connectivity index (χ0) is 8.27. The lowest BCUT2D eigenvalue weighted by Gasteiger charge is -1.99. The second-order valence-corrected chi connectivity index (χ2v) is 2.60. The molecule has 0 spiro atoms. The van der Waals surface area contributed by atoms with E-state index in [1.165, 1.54) is 24.3 Å². The Labute approximate surface area is 64.0 Å². The highest BCUT2D eigenvalue weighted by Crippen LogP contribution is 2.24. The van der Waals surface area contributed by atoms with Gasteiger partial charge in [-0.15, -0.1) is 0 Å². The molecule has 0 saturated heterocycles. The molecule has 1 aromatic carbocycles. The number of phenolic OH excluding ortho intramolecular Hbond substituents is 1. The van der Waals surface area contributed by atoms with Crippen LogP contribution in [0.2, 0.25) is 0 Å². The number of rotatable bonds is 2. The summed E-state index contributed by atoms with van der Waals surface area (Å²) in [6.45, 7) is 0. The average molecular weight is 174 g/mol. The second-order valence-electron chi connectivity index (χ2n) is 1.86. The van der Waals surface area contributed by atoms with Crippen LogP contribution >= 0.6 is 8.25 Å². The number of aromatic hydroxyl groups is 1. The van der Waals surface area contributed by atoms with Crippen LogP contribution in [-0.2, 0) is 4.57 Å². The Morgan fingerprint density at radius 2 is 1.82 bits per heavy atom. The maximum atomic E-state index is 10.2. The lowest BCUT2D eigenvalue weighted by molar-refractivity contribution is 0.409. The molecule has 1 atom stereocenters. The summed E-state index contributed by atoms with van der Waals surface area (Å²) in [5, 5.41) is 8.80. The van der Waals surface area contributed by atoms with Crippen LogP contribution in [0.5, 0.6) is 11.5 Å². The van der Waals surface area contributed by atoms with Crippen LogP contribution in [0.3, 0.4) is 0 Å². The Morgan fingerprint density at radius 3 is 2.27 bits per heavy atom. The minimum atomic E-state index is -2.93. The van der Waals surface area contributed by atoms with E-state index in [0.717, 1.165) is 0 Å². The third-order valence-electron chi connectivity index (χ3n) is 1.04.